The van der Waals surface area contributed by atoms with Crippen LogP contribution in [0.25, 0.3) is 0 Å². The van der Waals surface area contributed by atoms with Gasteiger partial charge in [-0.1, -0.05) is 19.1 Å². The van der Waals surface area contributed by atoms with Gasteiger partial charge in [0.05, 0.1) is 16.9 Å². The zero-order valence-electron chi connectivity index (χ0n) is 9.92. The zero-order chi connectivity index (χ0) is 13.1. The van der Waals surface area contributed by atoms with E-state index in [9.17, 15) is 8.42 Å². The average molecular weight is 252 g/mol. The lowest BCUT2D eigenvalue weighted by Gasteiger charge is -2.16. The molecule has 1 aromatic carbocycles. The van der Waals surface area contributed by atoms with Crippen LogP contribution in [-0.4, -0.2) is 14.7 Å². The van der Waals surface area contributed by atoms with Crippen LogP contribution < -0.4 is 5.73 Å². The third-order valence-electron chi connectivity index (χ3n) is 2.73. The van der Waals surface area contributed by atoms with Crippen molar-refractivity contribution < 1.29 is 8.42 Å². The highest BCUT2D eigenvalue weighted by atomic mass is 32.2. The average Bonchev–Trinajstić information content (AvgIpc) is 2.29. The molecule has 0 aromatic heterocycles. The van der Waals surface area contributed by atoms with Gasteiger partial charge in [0.1, 0.15) is 0 Å². The van der Waals surface area contributed by atoms with Gasteiger partial charge in [0.15, 0.2) is 9.84 Å². The molecule has 2 unspecified atom stereocenters. The topological polar surface area (TPSA) is 83.9 Å². The van der Waals surface area contributed by atoms with Gasteiger partial charge >= 0.3 is 0 Å². The first-order valence-corrected chi connectivity index (χ1v) is 7.24. The molecule has 0 saturated heterocycles. The molecule has 4 nitrogen and oxygen atoms in total. The summed E-state index contributed by atoms with van der Waals surface area (Å²) in [6.45, 7) is 1.90. The van der Waals surface area contributed by atoms with Crippen LogP contribution in [0.4, 0.5) is 0 Å². The maximum atomic E-state index is 11.3. The summed E-state index contributed by atoms with van der Waals surface area (Å²) in [5, 5.41) is 8.92. The van der Waals surface area contributed by atoms with Crippen molar-refractivity contribution in [3.8, 4) is 6.07 Å². The lowest BCUT2D eigenvalue weighted by atomic mass is 9.93. The first-order valence-electron chi connectivity index (χ1n) is 5.35. The van der Waals surface area contributed by atoms with Gasteiger partial charge in [-0.25, -0.2) is 8.42 Å². The highest BCUT2D eigenvalue weighted by Crippen LogP contribution is 2.22. The summed E-state index contributed by atoms with van der Waals surface area (Å²) in [4.78, 5) is 0.262. The number of rotatable bonds is 4. The second-order valence-electron chi connectivity index (χ2n) is 4.01. The monoisotopic (exact) mass is 252 g/mol. The minimum atomic E-state index is -3.18. The van der Waals surface area contributed by atoms with Gasteiger partial charge in [0.25, 0.3) is 0 Å². The second-order valence-corrected chi connectivity index (χ2v) is 6.03. The summed E-state index contributed by atoms with van der Waals surface area (Å²) >= 11 is 0. The smallest absolute Gasteiger partial charge is 0.175 e. The maximum Gasteiger partial charge on any atom is 0.175 e. The molecule has 5 heteroatoms. The largest absolute Gasteiger partial charge is 0.323 e. The van der Waals surface area contributed by atoms with Gasteiger partial charge < -0.3 is 5.73 Å². The fraction of sp³-hybridized carbons (Fsp3) is 0.417. The van der Waals surface area contributed by atoms with E-state index in [2.05, 4.69) is 6.07 Å². The summed E-state index contributed by atoms with van der Waals surface area (Å²) in [6.07, 6.45) is 1.83. The Labute approximate surface area is 102 Å². The van der Waals surface area contributed by atoms with Gasteiger partial charge in [-0.15, -0.1) is 0 Å². The second kappa shape index (κ2) is 5.30. The van der Waals surface area contributed by atoms with Gasteiger partial charge in [0.2, 0.25) is 0 Å². The number of hydrogen-bond acceptors (Lipinski definition) is 4. The molecular weight excluding hydrogens is 236 g/mol. The first-order chi connectivity index (χ1) is 7.90. The highest BCUT2D eigenvalue weighted by Gasteiger charge is 2.17. The lowest BCUT2D eigenvalue weighted by molar-refractivity contribution is 0.517. The van der Waals surface area contributed by atoms with Crippen molar-refractivity contribution in [3.63, 3.8) is 0 Å². The molecule has 2 N–H and O–H groups in total. The Kier molecular flexibility index (Phi) is 4.27. The van der Waals surface area contributed by atoms with Crippen molar-refractivity contribution in [2.45, 2.75) is 24.3 Å². The summed E-state index contributed by atoms with van der Waals surface area (Å²) in [6, 6.07) is 8.16. The van der Waals surface area contributed by atoms with Gasteiger partial charge in [0, 0.05) is 12.3 Å². The van der Waals surface area contributed by atoms with Crippen molar-refractivity contribution in [1.29, 1.82) is 5.26 Å². The van der Waals surface area contributed by atoms with E-state index in [0.717, 1.165) is 11.8 Å². The van der Waals surface area contributed by atoms with Crippen molar-refractivity contribution >= 4 is 9.84 Å². The zero-order valence-corrected chi connectivity index (χ0v) is 10.7. The fourth-order valence-electron chi connectivity index (χ4n) is 1.60. The third-order valence-corrected chi connectivity index (χ3v) is 3.86. The molecule has 0 spiro atoms. The molecule has 2 atom stereocenters. The normalized spacial score (nSPS) is 14.9. The van der Waals surface area contributed by atoms with Crippen LogP contribution in [0.3, 0.4) is 0 Å². The van der Waals surface area contributed by atoms with Crippen LogP contribution in [0.5, 0.6) is 0 Å². The van der Waals surface area contributed by atoms with Gasteiger partial charge in [-0.2, -0.15) is 5.26 Å². The number of nitriles is 1. The van der Waals surface area contributed by atoms with Crippen LogP contribution >= 0.6 is 0 Å². The van der Waals surface area contributed by atoms with E-state index in [4.69, 9.17) is 11.0 Å². The van der Waals surface area contributed by atoms with Crippen LogP contribution in [-0.2, 0) is 9.84 Å². The Balaban J connectivity index is 3.00. The van der Waals surface area contributed by atoms with Crippen LogP contribution in [0.1, 0.15) is 24.9 Å². The Morgan fingerprint density at radius 3 is 2.24 bits per heavy atom. The van der Waals surface area contributed by atoms with E-state index in [1.807, 2.05) is 6.92 Å². The molecular formula is C12H16N2O2S. The molecule has 0 amide bonds. The quantitative estimate of drug-likeness (QED) is 0.882. The third kappa shape index (κ3) is 3.29. The summed E-state index contributed by atoms with van der Waals surface area (Å²) in [5.41, 5.74) is 6.73. The number of sulfone groups is 1. The minimum absolute atomic E-state index is 0.251. The lowest BCUT2D eigenvalue weighted by Crippen LogP contribution is -2.19. The SMILES string of the molecule is CCC(C#N)C(N)c1ccc(S(C)(=O)=O)cc1. The molecule has 0 aliphatic rings. The molecule has 0 aliphatic carbocycles. The fourth-order valence-corrected chi connectivity index (χ4v) is 2.23. The molecule has 0 fully saturated rings. The van der Waals surface area contributed by atoms with E-state index < -0.39 is 9.84 Å². The molecule has 0 saturated carbocycles. The van der Waals surface area contributed by atoms with Crippen molar-refractivity contribution in [1.82, 2.24) is 0 Å². The molecule has 1 rings (SSSR count). The molecule has 1 aromatic rings. The summed E-state index contributed by atoms with van der Waals surface area (Å²) in [7, 11) is -3.18. The Morgan fingerprint density at radius 2 is 1.88 bits per heavy atom. The van der Waals surface area contributed by atoms with Crippen molar-refractivity contribution in [2.24, 2.45) is 11.7 Å². The van der Waals surface area contributed by atoms with Crippen LogP contribution in [0, 0.1) is 17.2 Å². The van der Waals surface area contributed by atoms with Gasteiger partial charge in [-0.05, 0) is 24.1 Å². The Morgan fingerprint density at radius 1 is 1.35 bits per heavy atom. The predicted molar refractivity (Wildman–Crippen MR) is 65.9 cm³/mol. The standard InChI is InChI=1S/C12H16N2O2S/c1-3-9(8-13)12(14)10-4-6-11(7-5-10)17(2,15)16/h4-7,9,12H,3,14H2,1-2H3. The maximum absolute atomic E-state index is 11.3. The molecule has 0 heterocycles. The minimum Gasteiger partial charge on any atom is -0.323 e. The predicted octanol–water partition coefficient (Wildman–Crippen LogP) is 1.64. The molecule has 92 valence electrons. The Bertz CT molecular complexity index is 514. The van der Waals surface area contributed by atoms with Crippen LogP contribution in [0.15, 0.2) is 29.2 Å². The Hall–Kier alpha value is -1.38. The van der Waals surface area contributed by atoms with E-state index in [1.165, 1.54) is 12.1 Å². The van der Waals surface area contributed by atoms with Crippen LogP contribution in [0.2, 0.25) is 0 Å². The van der Waals surface area contributed by atoms with E-state index in [-0.39, 0.29) is 16.9 Å². The van der Waals surface area contributed by atoms with Gasteiger partial charge in [-0.3, -0.25) is 0 Å². The molecule has 0 bridgehead atoms. The number of nitrogens with two attached hydrogens (primary N) is 1. The molecule has 0 aliphatic heterocycles. The highest BCUT2D eigenvalue weighted by molar-refractivity contribution is 7.90. The number of nitrogens with zero attached hydrogens (tertiary/aromatic N) is 1. The number of hydrogen-bond donors (Lipinski definition) is 1. The first kappa shape index (κ1) is 13.7. The molecule has 17 heavy (non-hydrogen) atoms. The summed E-state index contributed by atoms with van der Waals surface area (Å²) in [5.74, 6) is -0.251. The van der Waals surface area contributed by atoms with E-state index in [0.29, 0.717) is 6.42 Å². The number of benzene rings is 1. The van der Waals surface area contributed by atoms with E-state index >= 15 is 0 Å². The summed E-state index contributed by atoms with van der Waals surface area (Å²) < 4.78 is 22.6. The molecule has 0 radical (unpaired) electrons. The van der Waals surface area contributed by atoms with E-state index in [1.54, 1.807) is 12.1 Å². The van der Waals surface area contributed by atoms with Crippen molar-refractivity contribution in [3.05, 3.63) is 29.8 Å². The van der Waals surface area contributed by atoms with Crippen molar-refractivity contribution in [2.75, 3.05) is 6.26 Å².